The predicted octanol–water partition coefficient (Wildman–Crippen LogP) is 7.78. The van der Waals surface area contributed by atoms with E-state index in [-0.39, 0.29) is 0 Å². The molecule has 4 bridgehead atoms. The first-order valence-corrected chi connectivity index (χ1v) is 13.5. The van der Waals surface area contributed by atoms with Crippen molar-refractivity contribution in [3.63, 3.8) is 0 Å². The average Bonchev–Trinajstić information content (AvgIpc) is 2.89. The van der Waals surface area contributed by atoms with Gasteiger partial charge in [0, 0.05) is 30.7 Å². The van der Waals surface area contributed by atoms with Gasteiger partial charge in [0.25, 0.3) is 0 Å². The molecule has 4 saturated carbocycles. The van der Waals surface area contributed by atoms with Crippen LogP contribution in [0.15, 0.2) is 72.8 Å². The van der Waals surface area contributed by atoms with E-state index < -0.39 is 5.97 Å². The third-order valence-corrected chi connectivity index (χ3v) is 9.20. The lowest BCUT2D eigenvalue weighted by Gasteiger charge is -2.57. The number of anilines is 4. The van der Waals surface area contributed by atoms with Gasteiger partial charge in [0.15, 0.2) is 0 Å². The van der Waals surface area contributed by atoms with E-state index in [4.69, 9.17) is 0 Å². The van der Waals surface area contributed by atoms with Gasteiger partial charge in [-0.05, 0) is 123 Å². The van der Waals surface area contributed by atoms with Gasteiger partial charge in [-0.2, -0.15) is 0 Å². The zero-order valence-corrected chi connectivity index (χ0v) is 21.4. The minimum atomic E-state index is -0.905. The smallest absolute Gasteiger partial charge is 0.337 e. The standard InChI is InChI=1S/C32H36N2O2/c1-3-34(30-7-5-4-6-29(30)31(35)36)28-14-12-27(13-15-28)33(2)26-10-8-25(9-11-26)32-19-22-16-23(20-32)18-24(17-22)21-32/h4-15,22-24H,3,16-21H2,1-2H3,(H,35,36). The summed E-state index contributed by atoms with van der Waals surface area (Å²) in [6, 6.07) is 25.0. The summed E-state index contributed by atoms with van der Waals surface area (Å²) in [5.74, 6) is 1.98. The van der Waals surface area contributed by atoms with Gasteiger partial charge in [0.1, 0.15) is 0 Å². The highest BCUT2D eigenvalue weighted by Crippen LogP contribution is 2.60. The second-order valence-corrected chi connectivity index (χ2v) is 11.4. The Labute approximate surface area is 214 Å². The van der Waals surface area contributed by atoms with E-state index in [0.29, 0.717) is 23.2 Å². The number of hydrogen-bond donors (Lipinski definition) is 1. The average molecular weight is 481 g/mol. The second kappa shape index (κ2) is 8.99. The maximum Gasteiger partial charge on any atom is 0.337 e. The summed E-state index contributed by atoms with van der Waals surface area (Å²) in [4.78, 5) is 16.0. The number of nitrogens with zero attached hydrogens (tertiary/aromatic N) is 2. The number of carboxylic acids is 1. The molecule has 4 aliphatic rings. The Kier molecular flexibility index (Phi) is 5.78. The van der Waals surface area contributed by atoms with Crippen LogP contribution in [0, 0.1) is 17.8 Å². The van der Waals surface area contributed by atoms with Crippen molar-refractivity contribution in [2.24, 2.45) is 17.8 Å². The zero-order valence-electron chi connectivity index (χ0n) is 21.4. The SMILES string of the molecule is CCN(c1ccc(N(C)c2ccc(C34CC5CC(CC(C5)C3)C4)cc2)cc1)c1ccccc1C(=O)O. The van der Waals surface area contributed by atoms with Crippen LogP contribution in [0.3, 0.4) is 0 Å². The van der Waals surface area contributed by atoms with Crippen LogP contribution in [-0.2, 0) is 5.41 Å². The van der Waals surface area contributed by atoms with Gasteiger partial charge in [-0.3, -0.25) is 0 Å². The van der Waals surface area contributed by atoms with E-state index in [2.05, 4.69) is 60.5 Å². The maximum atomic E-state index is 11.7. The van der Waals surface area contributed by atoms with Gasteiger partial charge in [0.05, 0.1) is 11.3 Å². The number of rotatable bonds is 7. The molecule has 0 unspecified atom stereocenters. The fourth-order valence-electron chi connectivity index (χ4n) is 7.89. The lowest BCUT2D eigenvalue weighted by atomic mass is 9.48. The summed E-state index contributed by atoms with van der Waals surface area (Å²) < 4.78 is 0. The molecule has 4 nitrogen and oxygen atoms in total. The molecular formula is C32H36N2O2. The minimum Gasteiger partial charge on any atom is -0.478 e. The quantitative estimate of drug-likeness (QED) is 0.375. The molecule has 7 rings (SSSR count). The molecular weight excluding hydrogens is 444 g/mol. The number of aromatic carboxylic acids is 1. The Morgan fingerprint density at radius 3 is 1.83 bits per heavy atom. The fourth-order valence-corrected chi connectivity index (χ4v) is 7.89. The molecule has 36 heavy (non-hydrogen) atoms. The summed E-state index contributed by atoms with van der Waals surface area (Å²) in [5.41, 5.74) is 6.33. The van der Waals surface area contributed by atoms with E-state index >= 15 is 0 Å². The summed E-state index contributed by atoms with van der Waals surface area (Å²) >= 11 is 0. The molecule has 3 aromatic rings. The van der Waals surface area contributed by atoms with Gasteiger partial charge in [-0.15, -0.1) is 0 Å². The van der Waals surface area contributed by atoms with Crippen molar-refractivity contribution in [1.82, 2.24) is 0 Å². The highest BCUT2D eigenvalue weighted by Gasteiger charge is 2.51. The van der Waals surface area contributed by atoms with Crippen molar-refractivity contribution < 1.29 is 9.90 Å². The Morgan fingerprint density at radius 1 is 0.806 bits per heavy atom. The number of para-hydroxylation sites is 1. The molecule has 3 aromatic carbocycles. The normalized spacial score (nSPS) is 26.1. The number of benzene rings is 3. The molecule has 4 heteroatoms. The first kappa shape index (κ1) is 23.1. The van der Waals surface area contributed by atoms with Gasteiger partial charge in [-0.1, -0.05) is 24.3 Å². The highest BCUT2D eigenvalue weighted by molar-refractivity contribution is 5.95. The lowest BCUT2D eigenvalue weighted by Crippen LogP contribution is -2.48. The monoisotopic (exact) mass is 480 g/mol. The summed E-state index contributed by atoms with van der Waals surface area (Å²) in [7, 11) is 2.12. The van der Waals surface area contributed by atoms with E-state index in [1.807, 2.05) is 24.0 Å². The van der Waals surface area contributed by atoms with Gasteiger partial charge in [-0.25, -0.2) is 4.79 Å². The van der Waals surface area contributed by atoms with E-state index in [1.54, 1.807) is 17.7 Å². The first-order chi connectivity index (χ1) is 17.5. The van der Waals surface area contributed by atoms with Crippen LogP contribution >= 0.6 is 0 Å². The lowest BCUT2D eigenvalue weighted by molar-refractivity contribution is -0.00518. The molecule has 0 aliphatic heterocycles. The fraction of sp³-hybridized carbons (Fsp3) is 0.406. The molecule has 0 saturated heterocycles. The van der Waals surface area contributed by atoms with Crippen molar-refractivity contribution in [1.29, 1.82) is 0 Å². The molecule has 186 valence electrons. The number of carboxylic acid groups (broad SMARTS) is 1. The molecule has 0 radical (unpaired) electrons. The predicted molar refractivity (Wildman–Crippen MR) is 147 cm³/mol. The molecule has 4 fully saturated rings. The molecule has 0 atom stereocenters. The van der Waals surface area contributed by atoms with Crippen molar-refractivity contribution >= 4 is 28.7 Å². The topological polar surface area (TPSA) is 43.8 Å². The molecule has 0 heterocycles. The first-order valence-electron chi connectivity index (χ1n) is 13.5. The van der Waals surface area contributed by atoms with Crippen molar-refractivity contribution in [2.75, 3.05) is 23.4 Å². The van der Waals surface area contributed by atoms with Crippen LogP contribution in [0.4, 0.5) is 22.7 Å². The van der Waals surface area contributed by atoms with Crippen LogP contribution in [0.1, 0.15) is 61.4 Å². The van der Waals surface area contributed by atoms with Crippen LogP contribution < -0.4 is 9.80 Å². The largest absolute Gasteiger partial charge is 0.478 e. The van der Waals surface area contributed by atoms with Crippen LogP contribution in [0.2, 0.25) is 0 Å². The Balaban J connectivity index is 1.21. The molecule has 4 aliphatic carbocycles. The third-order valence-electron chi connectivity index (χ3n) is 9.20. The molecule has 0 amide bonds. The van der Waals surface area contributed by atoms with Gasteiger partial charge >= 0.3 is 5.97 Å². The van der Waals surface area contributed by atoms with Crippen molar-refractivity contribution in [2.45, 2.75) is 50.9 Å². The van der Waals surface area contributed by atoms with Crippen LogP contribution in [0.25, 0.3) is 0 Å². The zero-order chi connectivity index (χ0) is 24.9. The number of carbonyl (C=O) groups is 1. The van der Waals surface area contributed by atoms with Crippen molar-refractivity contribution in [3.8, 4) is 0 Å². The van der Waals surface area contributed by atoms with Crippen LogP contribution in [0.5, 0.6) is 0 Å². The molecule has 0 spiro atoms. The Morgan fingerprint density at radius 2 is 1.31 bits per heavy atom. The summed E-state index contributed by atoms with van der Waals surface area (Å²) in [5, 5.41) is 9.63. The molecule has 1 N–H and O–H groups in total. The summed E-state index contributed by atoms with van der Waals surface area (Å²) in [6.07, 6.45) is 8.63. The Hall–Kier alpha value is -3.27. The number of hydrogen-bond acceptors (Lipinski definition) is 3. The second-order valence-electron chi connectivity index (χ2n) is 11.4. The van der Waals surface area contributed by atoms with Gasteiger partial charge in [0.2, 0.25) is 0 Å². The van der Waals surface area contributed by atoms with E-state index in [9.17, 15) is 9.90 Å². The molecule has 0 aromatic heterocycles. The highest BCUT2D eigenvalue weighted by atomic mass is 16.4. The minimum absolute atomic E-state index is 0.319. The summed E-state index contributed by atoms with van der Waals surface area (Å²) in [6.45, 7) is 2.73. The van der Waals surface area contributed by atoms with Crippen molar-refractivity contribution in [3.05, 3.63) is 83.9 Å². The van der Waals surface area contributed by atoms with E-state index in [0.717, 1.165) is 29.1 Å². The van der Waals surface area contributed by atoms with Gasteiger partial charge < -0.3 is 14.9 Å². The third kappa shape index (κ3) is 3.97. The van der Waals surface area contributed by atoms with E-state index in [1.165, 1.54) is 44.2 Å². The maximum absolute atomic E-state index is 11.7. The Bertz CT molecular complexity index is 1210. The van der Waals surface area contributed by atoms with Crippen LogP contribution in [-0.4, -0.2) is 24.7 Å².